The van der Waals surface area contributed by atoms with Gasteiger partial charge in [0, 0.05) is 24.1 Å². The van der Waals surface area contributed by atoms with Crippen LogP contribution in [0.3, 0.4) is 0 Å². The Morgan fingerprint density at radius 1 is 1.44 bits per heavy atom. The molecule has 2 nitrogen and oxygen atoms in total. The van der Waals surface area contributed by atoms with Crippen LogP contribution >= 0.6 is 15.9 Å². The molecule has 1 aliphatic heterocycles. The van der Waals surface area contributed by atoms with E-state index in [1.54, 1.807) is 6.07 Å². The third kappa shape index (κ3) is 3.27. The maximum atomic E-state index is 13.4. The molecule has 1 saturated heterocycles. The Bertz CT molecular complexity index is 353. The fourth-order valence-electron chi connectivity index (χ4n) is 1.76. The summed E-state index contributed by atoms with van der Waals surface area (Å²) in [6.45, 7) is 4.09. The number of nitrogens with one attached hydrogen (secondary N) is 2. The molecular formula is C12H16BrFN2. The second-order valence-electron chi connectivity index (χ2n) is 4.21. The smallest absolute Gasteiger partial charge is 0.126 e. The molecule has 0 unspecified atom stereocenters. The first kappa shape index (κ1) is 12.0. The van der Waals surface area contributed by atoms with Gasteiger partial charge < -0.3 is 10.6 Å². The van der Waals surface area contributed by atoms with Gasteiger partial charge in [-0.05, 0) is 42.6 Å². The van der Waals surface area contributed by atoms with Crippen LogP contribution < -0.4 is 10.6 Å². The number of halogens is 2. The highest BCUT2D eigenvalue weighted by Gasteiger charge is 2.15. The third-order valence-corrected chi connectivity index (χ3v) is 3.37. The molecule has 0 bridgehead atoms. The molecule has 0 aromatic heterocycles. The van der Waals surface area contributed by atoms with Gasteiger partial charge in [0.05, 0.1) is 0 Å². The summed E-state index contributed by atoms with van der Waals surface area (Å²) >= 11 is 3.35. The Kier molecular flexibility index (Phi) is 4.32. The van der Waals surface area contributed by atoms with E-state index in [2.05, 4.69) is 26.6 Å². The van der Waals surface area contributed by atoms with E-state index in [1.807, 2.05) is 6.07 Å². The van der Waals surface area contributed by atoms with E-state index in [1.165, 1.54) is 6.07 Å². The second kappa shape index (κ2) is 5.75. The normalized spacial score (nSPS) is 16.1. The highest BCUT2D eigenvalue weighted by atomic mass is 79.9. The van der Waals surface area contributed by atoms with Crippen LogP contribution in [0.4, 0.5) is 4.39 Å². The Hall–Kier alpha value is -0.450. The summed E-state index contributed by atoms with van der Waals surface area (Å²) in [7, 11) is 0. The summed E-state index contributed by atoms with van der Waals surface area (Å²) in [6, 6.07) is 5.09. The lowest BCUT2D eigenvalue weighted by Gasteiger charge is -2.27. The SMILES string of the molecule is Fc1ccc(Br)cc1CCNCC1CNC1. The average Bonchev–Trinajstić information content (AvgIpc) is 2.20. The van der Waals surface area contributed by atoms with Crippen molar-refractivity contribution in [1.82, 2.24) is 10.6 Å². The van der Waals surface area contributed by atoms with Crippen molar-refractivity contribution < 1.29 is 4.39 Å². The molecule has 0 radical (unpaired) electrons. The minimum atomic E-state index is -0.115. The standard InChI is InChI=1S/C12H16BrFN2/c13-11-1-2-12(14)10(5-11)3-4-15-6-9-7-16-8-9/h1-2,5,9,15-16H,3-4,6-8H2. The first-order chi connectivity index (χ1) is 7.75. The molecule has 0 saturated carbocycles. The van der Waals surface area contributed by atoms with Gasteiger partial charge in [-0.1, -0.05) is 15.9 Å². The quantitative estimate of drug-likeness (QED) is 0.809. The molecule has 1 aromatic rings. The van der Waals surface area contributed by atoms with Crippen LogP contribution in [0, 0.1) is 11.7 Å². The van der Waals surface area contributed by atoms with Gasteiger partial charge in [0.15, 0.2) is 0 Å². The molecule has 88 valence electrons. The lowest BCUT2D eigenvalue weighted by Crippen LogP contribution is -2.47. The largest absolute Gasteiger partial charge is 0.316 e. The maximum absolute atomic E-state index is 13.4. The van der Waals surface area contributed by atoms with Crippen LogP contribution in [-0.2, 0) is 6.42 Å². The van der Waals surface area contributed by atoms with E-state index >= 15 is 0 Å². The van der Waals surface area contributed by atoms with E-state index in [-0.39, 0.29) is 5.82 Å². The Morgan fingerprint density at radius 2 is 2.25 bits per heavy atom. The fourth-order valence-corrected chi connectivity index (χ4v) is 2.17. The fraction of sp³-hybridized carbons (Fsp3) is 0.500. The maximum Gasteiger partial charge on any atom is 0.126 e. The highest BCUT2D eigenvalue weighted by molar-refractivity contribution is 9.10. The van der Waals surface area contributed by atoms with Gasteiger partial charge in [0.2, 0.25) is 0 Å². The molecule has 0 amide bonds. The molecule has 0 aliphatic carbocycles. The summed E-state index contributed by atoms with van der Waals surface area (Å²) in [6.07, 6.45) is 0.741. The Labute approximate surface area is 104 Å². The third-order valence-electron chi connectivity index (χ3n) is 2.88. The van der Waals surface area contributed by atoms with Gasteiger partial charge in [-0.15, -0.1) is 0 Å². The first-order valence-electron chi connectivity index (χ1n) is 5.61. The molecule has 16 heavy (non-hydrogen) atoms. The van der Waals surface area contributed by atoms with E-state index < -0.39 is 0 Å². The van der Waals surface area contributed by atoms with Gasteiger partial charge in [-0.3, -0.25) is 0 Å². The number of hydrogen-bond acceptors (Lipinski definition) is 2. The molecule has 1 fully saturated rings. The van der Waals surface area contributed by atoms with E-state index in [0.717, 1.165) is 48.6 Å². The molecule has 1 heterocycles. The predicted octanol–water partition coefficient (Wildman–Crippen LogP) is 1.94. The lowest BCUT2D eigenvalue weighted by atomic mass is 10.0. The molecule has 1 aromatic carbocycles. The van der Waals surface area contributed by atoms with Crippen molar-refractivity contribution in [3.8, 4) is 0 Å². The summed E-state index contributed by atoms with van der Waals surface area (Å²) in [4.78, 5) is 0. The highest BCUT2D eigenvalue weighted by Crippen LogP contribution is 2.15. The summed E-state index contributed by atoms with van der Waals surface area (Å²) in [5, 5.41) is 6.59. The zero-order valence-electron chi connectivity index (χ0n) is 9.10. The molecule has 1 aliphatic rings. The zero-order chi connectivity index (χ0) is 11.4. The van der Waals surface area contributed by atoms with Gasteiger partial charge >= 0.3 is 0 Å². The van der Waals surface area contributed by atoms with Crippen molar-refractivity contribution in [1.29, 1.82) is 0 Å². The van der Waals surface area contributed by atoms with Crippen LogP contribution in [0.5, 0.6) is 0 Å². The van der Waals surface area contributed by atoms with Gasteiger partial charge in [0.1, 0.15) is 5.82 Å². The summed E-state index contributed by atoms with van der Waals surface area (Å²) in [5.41, 5.74) is 0.772. The van der Waals surface area contributed by atoms with E-state index in [9.17, 15) is 4.39 Å². The van der Waals surface area contributed by atoms with Crippen molar-refractivity contribution in [2.24, 2.45) is 5.92 Å². The van der Waals surface area contributed by atoms with Crippen molar-refractivity contribution in [2.45, 2.75) is 6.42 Å². The predicted molar refractivity (Wildman–Crippen MR) is 67.0 cm³/mol. The zero-order valence-corrected chi connectivity index (χ0v) is 10.7. The summed E-state index contributed by atoms with van der Waals surface area (Å²) < 4.78 is 14.3. The lowest BCUT2D eigenvalue weighted by molar-refractivity contribution is 0.332. The van der Waals surface area contributed by atoms with Gasteiger partial charge in [0.25, 0.3) is 0 Å². The Balaban J connectivity index is 1.73. The van der Waals surface area contributed by atoms with Crippen LogP contribution in [0.15, 0.2) is 22.7 Å². The first-order valence-corrected chi connectivity index (χ1v) is 6.40. The summed E-state index contributed by atoms with van der Waals surface area (Å²) in [5.74, 6) is 0.641. The molecule has 4 heteroatoms. The minimum absolute atomic E-state index is 0.115. The van der Waals surface area contributed by atoms with Crippen LogP contribution in [0.1, 0.15) is 5.56 Å². The van der Waals surface area contributed by atoms with Crippen molar-refractivity contribution >= 4 is 15.9 Å². The molecule has 0 atom stereocenters. The number of hydrogen-bond donors (Lipinski definition) is 2. The van der Waals surface area contributed by atoms with Gasteiger partial charge in [-0.25, -0.2) is 4.39 Å². The van der Waals surface area contributed by atoms with Crippen LogP contribution in [0.25, 0.3) is 0 Å². The van der Waals surface area contributed by atoms with Crippen LogP contribution in [-0.4, -0.2) is 26.2 Å². The van der Waals surface area contributed by atoms with Crippen LogP contribution in [0.2, 0.25) is 0 Å². The average molecular weight is 287 g/mol. The molecular weight excluding hydrogens is 271 g/mol. The topological polar surface area (TPSA) is 24.1 Å². The van der Waals surface area contributed by atoms with Crippen molar-refractivity contribution in [2.75, 3.05) is 26.2 Å². The second-order valence-corrected chi connectivity index (χ2v) is 5.13. The van der Waals surface area contributed by atoms with Gasteiger partial charge in [-0.2, -0.15) is 0 Å². The van der Waals surface area contributed by atoms with E-state index in [0.29, 0.717) is 0 Å². The van der Waals surface area contributed by atoms with Crippen molar-refractivity contribution in [3.63, 3.8) is 0 Å². The molecule has 2 rings (SSSR count). The molecule has 2 N–H and O–H groups in total. The molecule has 0 spiro atoms. The number of rotatable bonds is 5. The van der Waals surface area contributed by atoms with Crippen molar-refractivity contribution in [3.05, 3.63) is 34.1 Å². The Morgan fingerprint density at radius 3 is 2.94 bits per heavy atom. The minimum Gasteiger partial charge on any atom is -0.316 e. The monoisotopic (exact) mass is 286 g/mol. The number of benzene rings is 1. The van der Waals surface area contributed by atoms with E-state index in [4.69, 9.17) is 0 Å².